The third-order valence-electron chi connectivity index (χ3n) is 6.98. The number of hydrogen-bond donors (Lipinski definition) is 2. The van der Waals surface area contributed by atoms with E-state index >= 15 is 0 Å². The van der Waals surface area contributed by atoms with Crippen molar-refractivity contribution in [1.82, 2.24) is 10.6 Å². The van der Waals surface area contributed by atoms with E-state index in [9.17, 15) is 9.59 Å². The van der Waals surface area contributed by atoms with Crippen LogP contribution in [0.2, 0.25) is 0 Å². The van der Waals surface area contributed by atoms with Gasteiger partial charge in [-0.25, -0.2) is 9.59 Å². The molecule has 2 amide bonds. The summed E-state index contributed by atoms with van der Waals surface area (Å²) in [7, 11) is 3.22. The Hall–Kier alpha value is -1.46. The molecular weight excluding hydrogens is 404 g/mol. The van der Waals surface area contributed by atoms with Crippen LogP contribution in [-0.4, -0.2) is 38.5 Å². The predicted octanol–water partition coefficient (Wildman–Crippen LogP) is 6.96. The monoisotopic (exact) mass is 454 g/mol. The summed E-state index contributed by atoms with van der Waals surface area (Å²) in [5.41, 5.74) is 0. The van der Waals surface area contributed by atoms with Gasteiger partial charge < -0.3 is 20.1 Å². The maximum atomic E-state index is 11.0. The minimum atomic E-state index is -0.283. The Morgan fingerprint density at radius 2 is 0.969 bits per heavy atom. The molecule has 0 aromatic carbocycles. The first-order valence-corrected chi connectivity index (χ1v) is 13.3. The summed E-state index contributed by atoms with van der Waals surface area (Å²) < 4.78 is 10.5. The lowest BCUT2D eigenvalue weighted by Gasteiger charge is -2.28. The number of ether oxygens (including phenoxy) is 2. The van der Waals surface area contributed by atoms with Gasteiger partial charge in [-0.3, -0.25) is 0 Å². The summed E-state index contributed by atoms with van der Waals surface area (Å²) >= 11 is 0. The molecule has 2 saturated carbocycles. The van der Waals surface area contributed by atoms with E-state index in [1.54, 1.807) is 14.1 Å². The summed E-state index contributed by atoms with van der Waals surface area (Å²) in [6.45, 7) is 4.49. The molecular formula is C26H50N2O4. The van der Waals surface area contributed by atoms with E-state index in [1.807, 2.05) is 0 Å². The highest BCUT2D eigenvalue weighted by Gasteiger charge is 2.24. The van der Waals surface area contributed by atoms with Gasteiger partial charge in [0.1, 0.15) is 12.2 Å². The van der Waals surface area contributed by atoms with Crippen LogP contribution >= 0.6 is 0 Å². The van der Waals surface area contributed by atoms with Crippen molar-refractivity contribution in [2.24, 2.45) is 11.8 Å². The number of unbranched alkanes of at least 4 members (excludes halogenated alkanes) is 4. The van der Waals surface area contributed by atoms with Crippen LogP contribution in [0.25, 0.3) is 0 Å². The maximum absolute atomic E-state index is 11.0. The van der Waals surface area contributed by atoms with Gasteiger partial charge in [-0.15, -0.1) is 0 Å². The summed E-state index contributed by atoms with van der Waals surface area (Å²) in [4.78, 5) is 22.1. The molecule has 2 aliphatic rings. The van der Waals surface area contributed by atoms with E-state index < -0.39 is 0 Å². The molecule has 0 spiro atoms. The SMILES string of the molecule is CCCCCC1CCC(OC(=O)NC)CC1.CCCCCC1CCC(OC(=O)NC)CC1. The average Bonchev–Trinajstić information content (AvgIpc) is 2.82. The molecule has 2 aliphatic carbocycles. The zero-order chi connectivity index (χ0) is 23.6. The second kappa shape index (κ2) is 18.0. The molecule has 2 rings (SSSR count). The molecule has 6 nitrogen and oxygen atoms in total. The van der Waals surface area contributed by atoms with Crippen molar-refractivity contribution in [3.05, 3.63) is 0 Å². The van der Waals surface area contributed by atoms with Crippen LogP contribution in [0.15, 0.2) is 0 Å². The maximum Gasteiger partial charge on any atom is 0.407 e. The van der Waals surface area contributed by atoms with Crippen molar-refractivity contribution in [3.63, 3.8) is 0 Å². The van der Waals surface area contributed by atoms with E-state index in [-0.39, 0.29) is 24.4 Å². The number of alkyl carbamates (subject to hydrolysis) is 2. The molecule has 0 unspecified atom stereocenters. The van der Waals surface area contributed by atoms with Crippen molar-refractivity contribution in [3.8, 4) is 0 Å². The Kier molecular flexibility index (Phi) is 16.1. The smallest absolute Gasteiger partial charge is 0.407 e. The molecule has 0 aromatic rings. The van der Waals surface area contributed by atoms with Gasteiger partial charge in [0.25, 0.3) is 0 Å². The molecule has 32 heavy (non-hydrogen) atoms. The molecule has 2 N–H and O–H groups in total. The highest BCUT2D eigenvalue weighted by atomic mass is 16.6. The molecule has 0 aromatic heterocycles. The second-order valence-electron chi connectivity index (χ2n) is 9.59. The first kappa shape index (κ1) is 28.6. The van der Waals surface area contributed by atoms with Crippen LogP contribution in [0.5, 0.6) is 0 Å². The van der Waals surface area contributed by atoms with Gasteiger partial charge in [-0.05, 0) is 63.2 Å². The predicted molar refractivity (Wildman–Crippen MR) is 131 cm³/mol. The molecule has 0 atom stereocenters. The zero-order valence-corrected chi connectivity index (χ0v) is 21.3. The Bertz CT molecular complexity index is 440. The molecule has 0 aliphatic heterocycles. The molecule has 188 valence electrons. The lowest BCUT2D eigenvalue weighted by Crippen LogP contribution is -2.29. The fourth-order valence-corrected chi connectivity index (χ4v) is 4.86. The highest BCUT2D eigenvalue weighted by Crippen LogP contribution is 2.31. The van der Waals surface area contributed by atoms with Crippen LogP contribution in [0.1, 0.15) is 117 Å². The third kappa shape index (κ3) is 13.2. The first-order valence-electron chi connectivity index (χ1n) is 13.3. The van der Waals surface area contributed by atoms with Crippen molar-refractivity contribution in [1.29, 1.82) is 0 Å². The lowest BCUT2D eigenvalue weighted by atomic mass is 9.84. The molecule has 0 saturated heterocycles. The second-order valence-corrected chi connectivity index (χ2v) is 9.59. The topological polar surface area (TPSA) is 76.7 Å². The number of nitrogens with one attached hydrogen (secondary N) is 2. The number of rotatable bonds is 10. The van der Waals surface area contributed by atoms with Crippen LogP contribution < -0.4 is 10.6 Å². The summed E-state index contributed by atoms with van der Waals surface area (Å²) in [6.07, 6.45) is 19.6. The highest BCUT2D eigenvalue weighted by molar-refractivity contribution is 5.67. The minimum absolute atomic E-state index is 0.155. The van der Waals surface area contributed by atoms with Gasteiger partial charge in [0.15, 0.2) is 0 Å². The van der Waals surface area contributed by atoms with Gasteiger partial charge in [0.2, 0.25) is 0 Å². The van der Waals surface area contributed by atoms with Gasteiger partial charge >= 0.3 is 12.2 Å². The van der Waals surface area contributed by atoms with E-state index in [1.165, 1.54) is 77.0 Å². The van der Waals surface area contributed by atoms with E-state index in [4.69, 9.17) is 9.47 Å². The van der Waals surface area contributed by atoms with E-state index in [0.29, 0.717) is 0 Å². The van der Waals surface area contributed by atoms with Gasteiger partial charge in [-0.1, -0.05) is 65.2 Å². The first-order chi connectivity index (χ1) is 15.5. The third-order valence-corrected chi connectivity index (χ3v) is 6.98. The molecule has 0 bridgehead atoms. The van der Waals surface area contributed by atoms with Crippen LogP contribution in [0, 0.1) is 11.8 Å². The van der Waals surface area contributed by atoms with Crippen molar-refractivity contribution < 1.29 is 19.1 Å². The lowest BCUT2D eigenvalue weighted by molar-refractivity contribution is 0.0637. The number of carbonyl (C=O) groups is 2. The number of hydrogen-bond acceptors (Lipinski definition) is 4. The normalized spacial score (nSPS) is 25.1. The summed E-state index contributed by atoms with van der Waals surface area (Å²) in [6, 6.07) is 0. The van der Waals surface area contributed by atoms with Crippen molar-refractivity contribution in [2.75, 3.05) is 14.1 Å². The minimum Gasteiger partial charge on any atom is -0.446 e. The van der Waals surface area contributed by atoms with Crippen molar-refractivity contribution >= 4 is 12.2 Å². The van der Waals surface area contributed by atoms with Crippen molar-refractivity contribution in [2.45, 2.75) is 129 Å². The summed E-state index contributed by atoms with van der Waals surface area (Å²) in [5.74, 6) is 1.74. The molecule has 0 heterocycles. The van der Waals surface area contributed by atoms with E-state index in [0.717, 1.165) is 37.5 Å². The summed E-state index contributed by atoms with van der Waals surface area (Å²) in [5, 5.41) is 5.01. The van der Waals surface area contributed by atoms with Crippen LogP contribution in [0.4, 0.5) is 9.59 Å². The standard InChI is InChI=1S/2C13H25NO2/c2*1-3-4-5-6-11-7-9-12(10-8-11)16-13(15)14-2/h2*11-12H,3-10H2,1-2H3,(H,14,15). The Morgan fingerprint density at radius 1 is 0.625 bits per heavy atom. The Morgan fingerprint density at radius 3 is 1.25 bits per heavy atom. The molecule has 2 fully saturated rings. The van der Waals surface area contributed by atoms with E-state index in [2.05, 4.69) is 24.5 Å². The van der Waals surface area contributed by atoms with Gasteiger partial charge in [0.05, 0.1) is 0 Å². The zero-order valence-electron chi connectivity index (χ0n) is 21.3. The molecule has 0 radical (unpaired) electrons. The largest absolute Gasteiger partial charge is 0.446 e. The Balaban J connectivity index is 0.000000320. The van der Waals surface area contributed by atoms with Crippen LogP contribution in [-0.2, 0) is 9.47 Å². The fraction of sp³-hybridized carbons (Fsp3) is 0.923. The average molecular weight is 455 g/mol. The van der Waals surface area contributed by atoms with Gasteiger partial charge in [0, 0.05) is 14.1 Å². The molecule has 6 heteroatoms. The Labute approximate surface area is 197 Å². The van der Waals surface area contributed by atoms with Gasteiger partial charge in [-0.2, -0.15) is 0 Å². The van der Waals surface area contributed by atoms with Crippen LogP contribution in [0.3, 0.4) is 0 Å². The quantitative estimate of drug-likeness (QED) is 0.350. The number of carbonyl (C=O) groups excluding carboxylic acids is 2. The number of amides is 2. The fourth-order valence-electron chi connectivity index (χ4n) is 4.86.